The van der Waals surface area contributed by atoms with Crippen molar-refractivity contribution < 1.29 is 14.3 Å². The van der Waals surface area contributed by atoms with Gasteiger partial charge in [0.1, 0.15) is 11.4 Å². The van der Waals surface area contributed by atoms with Crippen molar-refractivity contribution in [3.63, 3.8) is 0 Å². The van der Waals surface area contributed by atoms with Crippen LogP contribution < -0.4 is 9.64 Å². The van der Waals surface area contributed by atoms with Crippen molar-refractivity contribution in [1.29, 1.82) is 0 Å². The number of nitrogens with zero attached hydrogens (tertiary/aromatic N) is 2. The average molecular weight is 331 g/mol. The Kier molecular flexibility index (Phi) is 4.30. The predicted molar refractivity (Wildman–Crippen MR) is 94.9 cm³/mol. The lowest BCUT2D eigenvalue weighted by atomic mass is 10.1. The third kappa shape index (κ3) is 3.27. The van der Waals surface area contributed by atoms with Gasteiger partial charge < -0.3 is 24.3 Å². The van der Waals surface area contributed by atoms with E-state index in [-0.39, 0.29) is 6.09 Å². The van der Waals surface area contributed by atoms with Gasteiger partial charge in [-0.15, -0.1) is 0 Å². The Morgan fingerprint density at radius 1 is 1.12 bits per heavy atom. The SMILES string of the molecule is COc1ccc(N2CCN(C(=O)OC(C)(C)C)CC2)c2cc[nH]c12. The summed E-state index contributed by atoms with van der Waals surface area (Å²) in [7, 11) is 1.68. The van der Waals surface area contributed by atoms with Gasteiger partial charge in [-0.05, 0) is 39.0 Å². The lowest BCUT2D eigenvalue weighted by molar-refractivity contribution is 0.0241. The van der Waals surface area contributed by atoms with E-state index in [1.807, 2.05) is 33.0 Å². The summed E-state index contributed by atoms with van der Waals surface area (Å²) in [4.78, 5) is 19.5. The van der Waals surface area contributed by atoms with Crippen molar-refractivity contribution in [3.05, 3.63) is 24.4 Å². The Bertz CT molecular complexity index is 725. The van der Waals surface area contributed by atoms with Crippen LogP contribution in [0.25, 0.3) is 10.9 Å². The molecular weight excluding hydrogens is 306 g/mol. The number of hydrogen-bond donors (Lipinski definition) is 1. The third-order valence-corrected chi connectivity index (χ3v) is 4.15. The molecule has 0 bridgehead atoms. The Balaban J connectivity index is 1.71. The maximum Gasteiger partial charge on any atom is 0.410 e. The molecule has 6 heteroatoms. The molecule has 130 valence electrons. The molecule has 1 aliphatic heterocycles. The highest BCUT2D eigenvalue weighted by molar-refractivity contribution is 5.96. The molecule has 0 unspecified atom stereocenters. The molecule has 1 saturated heterocycles. The van der Waals surface area contributed by atoms with Gasteiger partial charge in [-0.1, -0.05) is 0 Å². The van der Waals surface area contributed by atoms with E-state index in [9.17, 15) is 4.79 Å². The quantitative estimate of drug-likeness (QED) is 0.918. The van der Waals surface area contributed by atoms with Crippen LogP contribution in [0.15, 0.2) is 24.4 Å². The number of hydrogen-bond acceptors (Lipinski definition) is 4. The van der Waals surface area contributed by atoms with E-state index in [2.05, 4.69) is 22.0 Å². The smallest absolute Gasteiger partial charge is 0.410 e. The number of aromatic amines is 1. The van der Waals surface area contributed by atoms with Gasteiger partial charge in [0.25, 0.3) is 0 Å². The van der Waals surface area contributed by atoms with E-state index in [4.69, 9.17) is 9.47 Å². The van der Waals surface area contributed by atoms with Crippen molar-refractivity contribution in [3.8, 4) is 5.75 Å². The first kappa shape index (κ1) is 16.5. The molecule has 0 saturated carbocycles. The maximum absolute atomic E-state index is 12.2. The molecule has 0 spiro atoms. The first-order valence-corrected chi connectivity index (χ1v) is 8.26. The number of nitrogens with one attached hydrogen (secondary N) is 1. The van der Waals surface area contributed by atoms with Gasteiger partial charge in [-0.25, -0.2) is 4.79 Å². The Morgan fingerprint density at radius 3 is 2.46 bits per heavy atom. The summed E-state index contributed by atoms with van der Waals surface area (Å²) in [5.41, 5.74) is 1.71. The second-order valence-corrected chi connectivity index (χ2v) is 7.01. The molecule has 6 nitrogen and oxygen atoms in total. The number of carbonyl (C=O) groups is 1. The summed E-state index contributed by atoms with van der Waals surface area (Å²) in [6.45, 7) is 8.56. The van der Waals surface area contributed by atoms with Gasteiger partial charge in [0.2, 0.25) is 0 Å². The number of ether oxygens (including phenoxy) is 2. The fourth-order valence-electron chi connectivity index (χ4n) is 3.02. The molecule has 1 amide bonds. The summed E-state index contributed by atoms with van der Waals surface area (Å²) in [6.07, 6.45) is 1.69. The number of aromatic nitrogens is 1. The molecule has 1 aliphatic rings. The predicted octanol–water partition coefficient (Wildman–Crippen LogP) is 3.23. The van der Waals surface area contributed by atoms with Crippen LogP contribution in [-0.2, 0) is 4.74 Å². The molecule has 1 aromatic heterocycles. The van der Waals surface area contributed by atoms with E-state index < -0.39 is 5.60 Å². The molecule has 2 aromatic rings. The van der Waals surface area contributed by atoms with Crippen molar-refractivity contribution >= 4 is 22.7 Å². The minimum absolute atomic E-state index is 0.233. The summed E-state index contributed by atoms with van der Waals surface area (Å²) in [5, 5.41) is 1.14. The zero-order chi connectivity index (χ0) is 17.3. The second kappa shape index (κ2) is 6.26. The Morgan fingerprint density at radius 2 is 1.83 bits per heavy atom. The van der Waals surface area contributed by atoms with Crippen molar-refractivity contribution in [2.75, 3.05) is 38.2 Å². The fraction of sp³-hybridized carbons (Fsp3) is 0.500. The first-order chi connectivity index (χ1) is 11.4. The highest BCUT2D eigenvalue weighted by atomic mass is 16.6. The molecule has 0 atom stereocenters. The number of anilines is 1. The molecule has 1 aromatic carbocycles. The van der Waals surface area contributed by atoms with Crippen LogP contribution in [0, 0.1) is 0 Å². The molecule has 0 radical (unpaired) electrons. The lowest BCUT2D eigenvalue weighted by Crippen LogP contribution is -2.50. The van der Waals surface area contributed by atoms with Gasteiger partial charge >= 0.3 is 6.09 Å². The Hall–Kier alpha value is -2.37. The molecule has 2 heterocycles. The summed E-state index contributed by atoms with van der Waals surface area (Å²) < 4.78 is 10.9. The van der Waals surface area contributed by atoms with Crippen LogP contribution in [0.1, 0.15) is 20.8 Å². The lowest BCUT2D eigenvalue weighted by Gasteiger charge is -2.37. The zero-order valence-corrected chi connectivity index (χ0v) is 14.8. The van der Waals surface area contributed by atoms with Gasteiger partial charge in [-0.3, -0.25) is 0 Å². The van der Waals surface area contributed by atoms with Crippen molar-refractivity contribution in [1.82, 2.24) is 9.88 Å². The minimum atomic E-state index is -0.457. The monoisotopic (exact) mass is 331 g/mol. The van der Waals surface area contributed by atoms with E-state index in [0.29, 0.717) is 13.1 Å². The molecule has 1 N–H and O–H groups in total. The molecule has 1 fully saturated rings. The topological polar surface area (TPSA) is 57.8 Å². The highest BCUT2D eigenvalue weighted by Gasteiger charge is 2.26. The number of H-pyrrole nitrogens is 1. The summed E-state index contributed by atoms with van der Waals surface area (Å²) in [5.74, 6) is 0.839. The minimum Gasteiger partial charge on any atom is -0.495 e. The normalized spacial score (nSPS) is 15.7. The third-order valence-electron chi connectivity index (χ3n) is 4.15. The van der Waals surface area contributed by atoms with Crippen molar-refractivity contribution in [2.24, 2.45) is 0 Å². The number of fused-ring (bicyclic) bond motifs is 1. The van der Waals surface area contributed by atoms with Crippen LogP contribution in [0.3, 0.4) is 0 Å². The first-order valence-electron chi connectivity index (χ1n) is 8.26. The number of amides is 1. The van der Waals surface area contributed by atoms with Gasteiger partial charge in [-0.2, -0.15) is 0 Å². The molecule has 3 rings (SSSR count). The van der Waals surface area contributed by atoms with Gasteiger partial charge in [0, 0.05) is 43.4 Å². The number of benzene rings is 1. The number of piperazine rings is 1. The molecular formula is C18H25N3O3. The van der Waals surface area contributed by atoms with Crippen LogP contribution in [0.5, 0.6) is 5.75 Å². The summed E-state index contributed by atoms with van der Waals surface area (Å²) >= 11 is 0. The van der Waals surface area contributed by atoms with Gasteiger partial charge in [0.05, 0.1) is 12.6 Å². The van der Waals surface area contributed by atoms with E-state index in [1.165, 1.54) is 0 Å². The maximum atomic E-state index is 12.2. The highest BCUT2D eigenvalue weighted by Crippen LogP contribution is 2.33. The number of rotatable bonds is 2. The fourth-order valence-corrected chi connectivity index (χ4v) is 3.02. The van der Waals surface area contributed by atoms with Crippen LogP contribution >= 0.6 is 0 Å². The van der Waals surface area contributed by atoms with E-state index in [0.717, 1.165) is 35.4 Å². The second-order valence-electron chi connectivity index (χ2n) is 7.01. The molecule has 24 heavy (non-hydrogen) atoms. The van der Waals surface area contributed by atoms with Crippen LogP contribution in [0.4, 0.5) is 10.5 Å². The Labute approximate surface area is 142 Å². The number of methoxy groups -OCH3 is 1. The summed E-state index contributed by atoms with van der Waals surface area (Å²) in [6, 6.07) is 6.12. The van der Waals surface area contributed by atoms with E-state index in [1.54, 1.807) is 12.0 Å². The number of carbonyl (C=O) groups excluding carboxylic acids is 1. The standard InChI is InChI=1S/C18H25N3O3/c1-18(2,3)24-17(22)21-11-9-20(10-12-21)14-5-6-15(23-4)16-13(14)7-8-19-16/h5-8,19H,9-12H2,1-4H3. The van der Waals surface area contributed by atoms with Crippen molar-refractivity contribution in [2.45, 2.75) is 26.4 Å². The molecule has 0 aliphatic carbocycles. The average Bonchev–Trinajstić information content (AvgIpc) is 3.02. The largest absolute Gasteiger partial charge is 0.495 e. The van der Waals surface area contributed by atoms with Crippen LogP contribution in [0.2, 0.25) is 0 Å². The zero-order valence-electron chi connectivity index (χ0n) is 14.8. The van der Waals surface area contributed by atoms with Crippen LogP contribution in [-0.4, -0.2) is 54.9 Å². The van der Waals surface area contributed by atoms with Gasteiger partial charge in [0.15, 0.2) is 0 Å². The van der Waals surface area contributed by atoms with E-state index >= 15 is 0 Å².